The molecule has 0 bridgehead atoms. The van der Waals surface area contributed by atoms with Crippen LogP contribution in [0.15, 0.2) is 29.2 Å². The highest BCUT2D eigenvalue weighted by atomic mass is 19.4. The number of hydrogen-bond acceptors (Lipinski definition) is 4. The summed E-state index contributed by atoms with van der Waals surface area (Å²) in [5, 5.41) is 5.45. The zero-order chi connectivity index (χ0) is 20.3. The van der Waals surface area contributed by atoms with Crippen LogP contribution >= 0.6 is 0 Å². The molecule has 152 valence electrons. The van der Waals surface area contributed by atoms with Crippen molar-refractivity contribution in [2.24, 2.45) is 0 Å². The van der Waals surface area contributed by atoms with E-state index in [1.54, 1.807) is 0 Å². The first-order valence-electron chi connectivity index (χ1n) is 9.52. The number of fused-ring (bicyclic) bond motifs is 1. The molecule has 1 aromatic heterocycles. The molecule has 0 saturated heterocycles. The Morgan fingerprint density at radius 2 is 1.93 bits per heavy atom. The molecule has 0 spiro atoms. The summed E-state index contributed by atoms with van der Waals surface area (Å²) in [6, 6.07) is 5.60. The molecule has 3 rings (SSSR count). The molecule has 1 N–H and O–H groups in total. The number of halogens is 3. The van der Waals surface area contributed by atoms with Gasteiger partial charge in [0.1, 0.15) is 11.3 Å². The number of nitrogens with one attached hydrogen (secondary N) is 1. The van der Waals surface area contributed by atoms with Crippen LogP contribution in [0, 0.1) is 0 Å². The summed E-state index contributed by atoms with van der Waals surface area (Å²) in [6.45, 7) is 4.71. The maximum absolute atomic E-state index is 13.4. The van der Waals surface area contributed by atoms with Gasteiger partial charge in [0.2, 0.25) is 0 Å². The lowest BCUT2D eigenvalue weighted by Crippen LogP contribution is -2.28. The Balaban J connectivity index is 1.91. The van der Waals surface area contributed by atoms with E-state index >= 15 is 0 Å². The molecule has 0 amide bonds. The molecule has 0 radical (unpaired) electrons. The van der Waals surface area contributed by atoms with Gasteiger partial charge >= 0.3 is 6.18 Å². The Labute approximate surface area is 161 Å². The Morgan fingerprint density at radius 1 is 1.21 bits per heavy atom. The van der Waals surface area contributed by atoms with Gasteiger partial charge in [-0.2, -0.15) is 18.3 Å². The SMILES string of the molecule is CCCC(CCC)Oc1cccc2c1CN(c1cn[nH]c(=O)c1C(F)(F)F)C2. The molecule has 0 unspecified atom stereocenters. The summed E-state index contributed by atoms with van der Waals surface area (Å²) < 4.78 is 46.5. The van der Waals surface area contributed by atoms with Crippen LogP contribution in [-0.2, 0) is 19.3 Å². The molecule has 0 saturated carbocycles. The van der Waals surface area contributed by atoms with Crippen LogP contribution in [0.3, 0.4) is 0 Å². The first kappa shape index (κ1) is 20.2. The van der Waals surface area contributed by atoms with Crippen molar-refractivity contribution in [3.63, 3.8) is 0 Å². The first-order chi connectivity index (χ1) is 13.3. The number of ether oxygens (including phenoxy) is 1. The van der Waals surface area contributed by atoms with Crippen LogP contribution in [-0.4, -0.2) is 16.3 Å². The number of nitrogens with zero attached hydrogens (tertiary/aromatic N) is 2. The van der Waals surface area contributed by atoms with E-state index in [9.17, 15) is 18.0 Å². The van der Waals surface area contributed by atoms with Crippen LogP contribution in [0.4, 0.5) is 18.9 Å². The lowest BCUT2D eigenvalue weighted by molar-refractivity contribution is -0.138. The molecular weight excluding hydrogens is 371 g/mol. The van der Waals surface area contributed by atoms with E-state index in [0.717, 1.165) is 43.0 Å². The highest BCUT2D eigenvalue weighted by Gasteiger charge is 2.39. The third-order valence-electron chi connectivity index (χ3n) is 4.92. The monoisotopic (exact) mass is 395 g/mol. The van der Waals surface area contributed by atoms with E-state index in [-0.39, 0.29) is 24.9 Å². The lowest BCUT2D eigenvalue weighted by atomic mass is 10.1. The van der Waals surface area contributed by atoms with Crippen molar-refractivity contribution in [3.8, 4) is 5.75 Å². The average Bonchev–Trinajstić information content (AvgIpc) is 3.06. The zero-order valence-electron chi connectivity index (χ0n) is 16.0. The summed E-state index contributed by atoms with van der Waals surface area (Å²) in [7, 11) is 0. The van der Waals surface area contributed by atoms with Crippen molar-refractivity contribution < 1.29 is 17.9 Å². The summed E-state index contributed by atoms with van der Waals surface area (Å²) >= 11 is 0. The topological polar surface area (TPSA) is 58.2 Å². The minimum Gasteiger partial charge on any atom is -0.490 e. The minimum absolute atomic E-state index is 0.0857. The second kappa shape index (κ2) is 8.24. The number of alkyl halides is 3. The Hall–Kier alpha value is -2.51. The van der Waals surface area contributed by atoms with Gasteiger partial charge in [-0.1, -0.05) is 38.8 Å². The molecule has 1 aromatic carbocycles. The molecule has 0 atom stereocenters. The Kier molecular flexibility index (Phi) is 5.96. The van der Waals surface area contributed by atoms with Gasteiger partial charge in [0.15, 0.2) is 0 Å². The Morgan fingerprint density at radius 3 is 2.57 bits per heavy atom. The van der Waals surface area contributed by atoms with Crippen molar-refractivity contribution in [1.29, 1.82) is 0 Å². The van der Waals surface area contributed by atoms with Crippen LogP contribution in [0.5, 0.6) is 5.75 Å². The van der Waals surface area contributed by atoms with Crippen molar-refractivity contribution >= 4 is 5.69 Å². The third kappa shape index (κ3) is 4.15. The average molecular weight is 395 g/mol. The third-order valence-corrected chi connectivity index (χ3v) is 4.92. The number of benzene rings is 1. The van der Waals surface area contributed by atoms with Crippen LogP contribution in [0.25, 0.3) is 0 Å². The van der Waals surface area contributed by atoms with E-state index in [1.807, 2.05) is 23.3 Å². The predicted octanol–water partition coefficient (Wildman–Crippen LogP) is 4.66. The van der Waals surface area contributed by atoms with E-state index < -0.39 is 17.3 Å². The molecular formula is C20H24F3N3O2. The van der Waals surface area contributed by atoms with Gasteiger partial charge in [-0.25, -0.2) is 5.10 Å². The van der Waals surface area contributed by atoms with Gasteiger partial charge in [-0.3, -0.25) is 4.79 Å². The van der Waals surface area contributed by atoms with Crippen LogP contribution < -0.4 is 15.2 Å². The fourth-order valence-electron chi connectivity index (χ4n) is 3.66. The second-order valence-corrected chi connectivity index (χ2v) is 7.02. The highest BCUT2D eigenvalue weighted by molar-refractivity contribution is 5.58. The lowest BCUT2D eigenvalue weighted by Gasteiger charge is -2.22. The largest absolute Gasteiger partial charge is 0.490 e. The van der Waals surface area contributed by atoms with Crippen molar-refractivity contribution in [2.75, 3.05) is 4.90 Å². The normalized spacial score (nSPS) is 13.9. The minimum atomic E-state index is -4.76. The maximum atomic E-state index is 13.4. The second-order valence-electron chi connectivity index (χ2n) is 7.02. The number of H-pyrrole nitrogens is 1. The Bertz CT molecular complexity index is 874. The van der Waals surface area contributed by atoms with E-state index in [4.69, 9.17) is 4.74 Å². The van der Waals surface area contributed by atoms with Gasteiger partial charge in [0.05, 0.1) is 18.0 Å². The van der Waals surface area contributed by atoms with E-state index in [1.165, 1.54) is 4.90 Å². The molecule has 2 heterocycles. The number of aromatic amines is 1. The van der Waals surface area contributed by atoms with E-state index in [2.05, 4.69) is 18.9 Å². The van der Waals surface area contributed by atoms with Crippen molar-refractivity contribution in [2.45, 2.75) is 64.9 Å². The van der Waals surface area contributed by atoms with Gasteiger partial charge < -0.3 is 9.64 Å². The number of anilines is 1. The summed E-state index contributed by atoms with van der Waals surface area (Å²) in [4.78, 5) is 13.3. The number of hydrogen-bond donors (Lipinski definition) is 1. The molecule has 0 aliphatic carbocycles. The van der Waals surface area contributed by atoms with Gasteiger partial charge in [-0.15, -0.1) is 0 Å². The summed E-state index contributed by atoms with van der Waals surface area (Å²) in [6.07, 6.45) is 0.247. The molecule has 28 heavy (non-hydrogen) atoms. The fraction of sp³-hybridized carbons (Fsp3) is 0.500. The molecule has 2 aromatic rings. The van der Waals surface area contributed by atoms with Crippen LogP contribution in [0.2, 0.25) is 0 Å². The molecule has 0 fully saturated rings. The fourth-order valence-corrected chi connectivity index (χ4v) is 3.66. The molecule has 5 nitrogen and oxygen atoms in total. The van der Waals surface area contributed by atoms with E-state index in [0.29, 0.717) is 5.75 Å². The van der Waals surface area contributed by atoms with Crippen molar-refractivity contribution in [3.05, 3.63) is 51.4 Å². The van der Waals surface area contributed by atoms with Crippen molar-refractivity contribution in [1.82, 2.24) is 10.2 Å². The summed E-state index contributed by atoms with van der Waals surface area (Å²) in [5.74, 6) is 0.707. The predicted molar refractivity (Wildman–Crippen MR) is 100 cm³/mol. The number of rotatable bonds is 7. The standard InChI is InChI=1S/C20H24F3N3O2/c1-3-6-14(7-4-2)28-17-9-5-8-13-11-26(12-15(13)17)16-10-24-25-19(27)18(16)20(21,22)23/h5,8-10,14H,3-4,6-7,11-12H2,1-2H3,(H,25,27). The molecule has 1 aliphatic rings. The van der Waals surface area contributed by atoms with Gasteiger partial charge in [-0.05, 0) is 24.5 Å². The highest BCUT2D eigenvalue weighted by Crippen LogP contribution is 2.39. The number of aromatic nitrogens is 2. The quantitative estimate of drug-likeness (QED) is 0.741. The zero-order valence-corrected chi connectivity index (χ0v) is 16.0. The molecule has 1 aliphatic heterocycles. The first-order valence-corrected chi connectivity index (χ1v) is 9.52. The summed E-state index contributed by atoms with van der Waals surface area (Å²) in [5.41, 5.74) is -0.890. The van der Waals surface area contributed by atoms with Gasteiger partial charge in [0.25, 0.3) is 5.56 Å². The van der Waals surface area contributed by atoms with Crippen LogP contribution in [0.1, 0.15) is 56.2 Å². The smallest absolute Gasteiger partial charge is 0.423 e. The van der Waals surface area contributed by atoms with Gasteiger partial charge in [0, 0.05) is 18.7 Å². The molecule has 8 heteroatoms. The maximum Gasteiger partial charge on any atom is 0.423 e.